The average Bonchev–Trinajstić information content (AvgIpc) is 2.46. The Hall–Kier alpha value is -1.91. The van der Waals surface area contributed by atoms with Crippen LogP contribution in [0.3, 0.4) is 0 Å². The summed E-state index contributed by atoms with van der Waals surface area (Å²) in [4.78, 5) is 22.9. The highest BCUT2D eigenvalue weighted by Gasteiger charge is 2.34. The topological polar surface area (TPSA) is 69.4 Å². The average molecular weight is 305 g/mol. The van der Waals surface area contributed by atoms with Crippen molar-refractivity contribution in [2.45, 2.75) is 46.1 Å². The number of nitro groups is 1. The van der Waals surface area contributed by atoms with Gasteiger partial charge in [-0.15, -0.1) is 0 Å². The van der Waals surface area contributed by atoms with Crippen LogP contribution in [-0.4, -0.2) is 17.0 Å². The van der Waals surface area contributed by atoms with E-state index in [-0.39, 0.29) is 17.4 Å². The predicted molar refractivity (Wildman–Crippen MR) is 83.6 cm³/mol. The van der Waals surface area contributed by atoms with E-state index in [4.69, 9.17) is 4.74 Å². The number of benzene rings is 1. The van der Waals surface area contributed by atoms with Crippen LogP contribution in [0.1, 0.15) is 50.4 Å². The zero-order chi connectivity index (χ0) is 16.3. The molecule has 1 aromatic carbocycles. The Morgan fingerprint density at radius 1 is 1.32 bits per heavy atom. The number of hydrogen-bond donors (Lipinski definition) is 0. The van der Waals surface area contributed by atoms with Gasteiger partial charge in [-0.2, -0.15) is 0 Å². The molecule has 1 fully saturated rings. The molecule has 0 aromatic heterocycles. The lowest BCUT2D eigenvalue weighted by atomic mass is 9.75. The first kappa shape index (κ1) is 16.5. The predicted octanol–water partition coefficient (Wildman–Crippen LogP) is 4.21. The van der Waals surface area contributed by atoms with E-state index in [0.717, 1.165) is 19.3 Å². The number of nitro benzene ring substituents is 1. The van der Waals surface area contributed by atoms with Gasteiger partial charge in [0, 0.05) is 6.07 Å². The first-order valence-electron chi connectivity index (χ1n) is 7.84. The number of carbonyl (C=O) groups is 1. The number of hydrogen-bond acceptors (Lipinski definition) is 4. The molecule has 1 saturated carbocycles. The van der Waals surface area contributed by atoms with Crippen molar-refractivity contribution < 1.29 is 14.5 Å². The first-order valence-corrected chi connectivity index (χ1v) is 7.84. The SMILES string of the molecule is CC(C)[C@@H]1CC[C@@H](C)C[C@H]1OC(=O)c1ccccc1[N+](=O)[O-]. The maximum Gasteiger partial charge on any atom is 0.345 e. The van der Waals surface area contributed by atoms with Gasteiger partial charge in [-0.3, -0.25) is 10.1 Å². The van der Waals surface area contributed by atoms with Gasteiger partial charge in [0.15, 0.2) is 0 Å². The van der Waals surface area contributed by atoms with Gasteiger partial charge < -0.3 is 4.74 Å². The number of rotatable bonds is 4. The summed E-state index contributed by atoms with van der Waals surface area (Å²) in [6.45, 7) is 6.42. The van der Waals surface area contributed by atoms with Crippen LogP contribution in [-0.2, 0) is 4.74 Å². The second-order valence-electron chi connectivity index (χ2n) is 6.54. The molecule has 1 aliphatic carbocycles. The van der Waals surface area contributed by atoms with Gasteiger partial charge >= 0.3 is 5.97 Å². The molecular weight excluding hydrogens is 282 g/mol. The fourth-order valence-corrected chi connectivity index (χ4v) is 3.26. The van der Waals surface area contributed by atoms with E-state index in [0.29, 0.717) is 17.8 Å². The van der Waals surface area contributed by atoms with E-state index in [1.54, 1.807) is 12.1 Å². The zero-order valence-corrected chi connectivity index (χ0v) is 13.3. The van der Waals surface area contributed by atoms with Crippen LogP contribution >= 0.6 is 0 Å². The lowest BCUT2D eigenvalue weighted by Crippen LogP contribution is -2.36. The molecular formula is C17H23NO4. The maximum absolute atomic E-state index is 12.4. The van der Waals surface area contributed by atoms with Crippen molar-refractivity contribution in [1.29, 1.82) is 0 Å². The summed E-state index contributed by atoms with van der Waals surface area (Å²) < 4.78 is 5.67. The van der Waals surface area contributed by atoms with Gasteiger partial charge in [0.25, 0.3) is 5.69 Å². The summed E-state index contributed by atoms with van der Waals surface area (Å²) in [6.07, 6.45) is 2.85. The molecule has 22 heavy (non-hydrogen) atoms. The van der Waals surface area contributed by atoms with Crippen LogP contribution in [0.5, 0.6) is 0 Å². The Kier molecular flexibility index (Phi) is 5.16. The molecule has 0 spiro atoms. The van der Waals surface area contributed by atoms with Crippen LogP contribution in [0.25, 0.3) is 0 Å². The third-order valence-electron chi connectivity index (χ3n) is 4.54. The third kappa shape index (κ3) is 3.64. The van der Waals surface area contributed by atoms with Crippen LogP contribution < -0.4 is 0 Å². The van der Waals surface area contributed by atoms with Gasteiger partial charge in [-0.05, 0) is 36.7 Å². The van der Waals surface area contributed by atoms with Crippen LogP contribution in [0.2, 0.25) is 0 Å². The zero-order valence-electron chi connectivity index (χ0n) is 13.3. The van der Waals surface area contributed by atoms with E-state index in [1.807, 2.05) is 0 Å². The molecule has 0 radical (unpaired) electrons. The molecule has 2 rings (SSSR count). The minimum absolute atomic E-state index is 0.0354. The van der Waals surface area contributed by atoms with Gasteiger partial charge in [-0.25, -0.2) is 4.79 Å². The van der Waals surface area contributed by atoms with Crippen molar-refractivity contribution >= 4 is 11.7 Å². The van der Waals surface area contributed by atoms with Crippen molar-refractivity contribution in [3.05, 3.63) is 39.9 Å². The number of ether oxygens (including phenoxy) is 1. The molecule has 3 atom stereocenters. The van der Waals surface area contributed by atoms with Crippen LogP contribution in [0, 0.1) is 27.9 Å². The quantitative estimate of drug-likeness (QED) is 0.474. The second-order valence-corrected chi connectivity index (χ2v) is 6.54. The van der Waals surface area contributed by atoms with Gasteiger partial charge in [0.2, 0.25) is 0 Å². The molecule has 0 unspecified atom stereocenters. The number of nitrogens with zero attached hydrogens (tertiary/aromatic N) is 1. The molecule has 0 amide bonds. The molecule has 120 valence electrons. The van der Waals surface area contributed by atoms with Gasteiger partial charge in [-0.1, -0.05) is 39.3 Å². The summed E-state index contributed by atoms with van der Waals surface area (Å²) >= 11 is 0. The van der Waals surface area contributed by atoms with Gasteiger partial charge in [0.1, 0.15) is 11.7 Å². The second kappa shape index (κ2) is 6.90. The highest BCUT2D eigenvalue weighted by molar-refractivity contribution is 5.93. The molecule has 5 heteroatoms. The molecule has 1 aliphatic rings. The molecule has 0 saturated heterocycles. The van der Waals surface area contributed by atoms with E-state index in [9.17, 15) is 14.9 Å². The number of para-hydroxylation sites is 1. The summed E-state index contributed by atoms with van der Waals surface area (Å²) in [5.41, 5.74) is -0.161. The molecule has 1 aromatic rings. The van der Waals surface area contributed by atoms with Crippen LogP contribution in [0.15, 0.2) is 24.3 Å². The van der Waals surface area contributed by atoms with Gasteiger partial charge in [0.05, 0.1) is 4.92 Å². The molecule has 5 nitrogen and oxygen atoms in total. The summed E-state index contributed by atoms with van der Waals surface area (Å²) in [6, 6.07) is 5.96. The standard InChI is InChI=1S/C17H23NO4/c1-11(2)13-9-8-12(3)10-16(13)22-17(19)14-6-4-5-7-15(14)18(20)21/h4-7,11-13,16H,8-10H2,1-3H3/t12-,13+,16-/m1/s1. The minimum atomic E-state index is -0.586. The van der Waals surface area contributed by atoms with E-state index in [1.165, 1.54) is 12.1 Å². The molecule has 0 bridgehead atoms. The largest absolute Gasteiger partial charge is 0.458 e. The summed E-state index contributed by atoms with van der Waals surface area (Å²) in [7, 11) is 0. The number of esters is 1. The molecule has 0 N–H and O–H groups in total. The first-order chi connectivity index (χ1) is 10.4. The molecule has 0 aliphatic heterocycles. The Bertz CT molecular complexity index is 555. The highest BCUT2D eigenvalue weighted by Crippen LogP contribution is 2.36. The Labute approximate surface area is 130 Å². The van der Waals surface area contributed by atoms with Crippen LogP contribution in [0.4, 0.5) is 5.69 Å². The Morgan fingerprint density at radius 2 is 2.00 bits per heavy atom. The lowest BCUT2D eigenvalue weighted by Gasteiger charge is -2.36. The highest BCUT2D eigenvalue weighted by atomic mass is 16.6. The van der Waals surface area contributed by atoms with Crippen molar-refractivity contribution in [2.75, 3.05) is 0 Å². The fraction of sp³-hybridized carbons (Fsp3) is 0.588. The van der Waals surface area contributed by atoms with Crippen molar-refractivity contribution in [3.8, 4) is 0 Å². The Balaban J connectivity index is 2.18. The van der Waals surface area contributed by atoms with Crippen molar-refractivity contribution in [3.63, 3.8) is 0 Å². The monoisotopic (exact) mass is 305 g/mol. The molecule has 0 heterocycles. The maximum atomic E-state index is 12.4. The van der Waals surface area contributed by atoms with E-state index in [2.05, 4.69) is 20.8 Å². The third-order valence-corrected chi connectivity index (χ3v) is 4.54. The van der Waals surface area contributed by atoms with E-state index >= 15 is 0 Å². The summed E-state index contributed by atoms with van der Waals surface area (Å²) in [5, 5.41) is 11.0. The van der Waals surface area contributed by atoms with E-state index < -0.39 is 10.9 Å². The number of carbonyl (C=O) groups excluding carboxylic acids is 1. The van der Waals surface area contributed by atoms with Crippen molar-refractivity contribution in [1.82, 2.24) is 0 Å². The normalized spacial score (nSPS) is 25.0. The fourth-order valence-electron chi connectivity index (χ4n) is 3.26. The minimum Gasteiger partial charge on any atom is -0.458 e. The Morgan fingerprint density at radius 3 is 2.64 bits per heavy atom. The lowest BCUT2D eigenvalue weighted by molar-refractivity contribution is -0.385. The van der Waals surface area contributed by atoms with Crippen molar-refractivity contribution in [2.24, 2.45) is 17.8 Å². The smallest absolute Gasteiger partial charge is 0.345 e. The summed E-state index contributed by atoms with van der Waals surface area (Å²) in [5.74, 6) is 0.676.